The highest BCUT2D eigenvalue weighted by atomic mass is 32.2. The van der Waals surface area contributed by atoms with E-state index in [9.17, 15) is 17.4 Å². The van der Waals surface area contributed by atoms with Crippen LogP contribution in [-0.2, 0) is 11.0 Å². The summed E-state index contributed by atoms with van der Waals surface area (Å²) in [6, 6.07) is 0. The fourth-order valence-corrected chi connectivity index (χ4v) is 1.63. The molecule has 0 aliphatic heterocycles. The lowest BCUT2D eigenvalue weighted by atomic mass is 10.3. The number of hydrogen-bond donors (Lipinski definition) is 2. The van der Waals surface area contributed by atoms with Crippen LogP contribution in [0.2, 0.25) is 0 Å². The molecule has 0 aliphatic rings. The van der Waals surface area contributed by atoms with Crippen molar-refractivity contribution in [1.82, 2.24) is 4.72 Å². The number of halogens is 3. The van der Waals surface area contributed by atoms with Gasteiger partial charge in [0.2, 0.25) is 6.23 Å². The highest BCUT2D eigenvalue weighted by Crippen LogP contribution is 2.18. The fourth-order valence-electron chi connectivity index (χ4n) is 0.542. The Morgan fingerprint density at radius 3 is 2.23 bits per heavy atom. The van der Waals surface area contributed by atoms with Crippen molar-refractivity contribution < 1.29 is 22.5 Å². The molecule has 13 heavy (non-hydrogen) atoms. The molecule has 0 aromatic carbocycles. The van der Waals surface area contributed by atoms with Gasteiger partial charge in [-0.15, -0.1) is 0 Å². The van der Waals surface area contributed by atoms with Gasteiger partial charge in [-0.25, -0.2) is 8.93 Å². The molecule has 2 N–H and O–H groups in total. The maximum atomic E-state index is 11.7. The van der Waals surface area contributed by atoms with Crippen molar-refractivity contribution in [3.8, 4) is 0 Å². The molecule has 0 amide bonds. The lowest BCUT2D eigenvalue weighted by Crippen LogP contribution is -2.43. The second kappa shape index (κ2) is 4.92. The first-order valence-electron chi connectivity index (χ1n) is 3.62. The van der Waals surface area contributed by atoms with E-state index < -0.39 is 23.4 Å². The van der Waals surface area contributed by atoms with Crippen molar-refractivity contribution in [1.29, 1.82) is 0 Å². The van der Waals surface area contributed by atoms with Gasteiger partial charge >= 0.3 is 6.18 Å². The van der Waals surface area contributed by atoms with Gasteiger partial charge in [-0.2, -0.15) is 13.2 Å². The van der Waals surface area contributed by atoms with Gasteiger partial charge in [0.05, 0.1) is 11.0 Å². The molecule has 0 saturated carbocycles. The lowest BCUT2D eigenvalue weighted by molar-refractivity contribution is -0.206. The van der Waals surface area contributed by atoms with Crippen LogP contribution >= 0.6 is 0 Å². The molecule has 3 nitrogen and oxygen atoms in total. The summed E-state index contributed by atoms with van der Waals surface area (Å²) in [7, 11) is -1.85. The Balaban J connectivity index is 3.93. The highest BCUT2D eigenvalue weighted by molar-refractivity contribution is 7.83. The van der Waals surface area contributed by atoms with Gasteiger partial charge in [-0.3, -0.25) is 0 Å². The maximum absolute atomic E-state index is 11.7. The van der Waals surface area contributed by atoms with E-state index in [1.165, 1.54) is 0 Å². The molecule has 0 saturated heterocycles. The molecule has 2 atom stereocenters. The van der Waals surface area contributed by atoms with E-state index in [1.807, 2.05) is 0 Å². The molecular weight excluding hydrogens is 207 g/mol. The number of nitrogens with one attached hydrogen (secondary N) is 1. The van der Waals surface area contributed by atoms with Crippen molar-refractivity contribution in [3.05, 3.63) is 0 Å². The summed E-state index contributed by atoms with van der Waals surface area (Å²) >= 11 is 0. The zero-order valence-corrected chi connectivity index (χ0v) is 8.08. The maximum Gasteiger partial charge on any atom is 0.428 e. The Hall–Kier alpha value is -0.140. The Morgan fingerprint density at radius 2 is 1.92 bits per heavy atom. The fraction of sp³-hybridized carbons (Fsp3) is 1.00. The molecule has 80 valence electrons. The van der Waals surface area contributed by atoms with E-state index in [0.717, 1.165) is 0 Å². The SMILES string of the molecule is CC(C)C[S@@](=O)NC(O)C(F)(F)F. The summed E-state index contributed by atoms with van der Waals surface area (Å²) in [5.41, 5.74) is 0. The molecule has 0 heterocycles. The van der Waals surface area contributed by atoms with E-state index in [0.29, 0.717) is 0 Å². The van der Waals surface area contributed by atoms with Crippen LogP contribution in [0.1, 0.15) is 13.8 Å². The van der Waals surface area contributed by atoms with Gasteiger partial charge in [-0.1, -0.05) is 13.8 Å². The first kappa shape index (κ1) is 12.9. The van der Waals surface area contributed by atoms with Crippen molar-refractivity contribution >= 4 is 11.0 Å². The molecule has 0 aromatic heterocycles. The average Bonchev–Trinajstić information content (AvgIpc) is 1.82. The molecular formula is C6H12F3NO2S. The molecule has 0 fully saturated rings. The topological polar surface area (TPSA) is 49.3 Å². The number of rotatable bonds is 4. The first-order chi connectivity index (χ1) is 5.73. The molecule has 0 aromatic rings. The molecule has 0 aliphatic carbocycles. The van der Waals surface area contributed by atoms with Gasteiger partial charge in [0.1, 0.15) is 0 Å². The van der Waals surface area contributed by atoms with Gasteiger partial charge in [0.25, 0.3) is 0 Å². The summed E-state index contributed by atoms with van der Waals surface area (Å²) in [5, 5.41) is 8.44. The van der Waals surface area contributed by atoms with Crippen molar-refractivity contribution in [3.63, 3.8) is 0 Å². The average molecular weight is 219 g/mol. The Kier molecular flexibility index (Phi) is 4.87. The normalized spacial score (nSPS) is 17.5. The summed E-state index contributed by atoms with van der Waals surface area (Å²) in [6.45, 7) is 3.44. The zero-order chi connectivity index (χ0) is 10.6. The van der Waals surface area contributed by atoms with Crippen LogP contribution in [0.15, 0.2) is 0 Å². The minimum atomic E-state index is -4.77. The van der Waals surface area contributed by atoms with Gasteiger partial charge in [-0.05, 0) is 5.92 Å². The molecule has 1 unspecified atom stereocenters. The first-order valence-corrected chi connectivity index (χ1v) is 4.94. The predicted octanol–water partition coefficient (Wildman–Crippen LogP) is 0.776. The number of hydrogen-bond acceptors (Lipinski definition) is 2. The van der Waals surface area contributed by atoms with E-state index in [2.05, 4.69) is 0 Å². The smallest absolute Gasteiger partial charge is 0.369 e. The van der Waals surface area contributed by atoms with Crippen molar-refractivity contribution in [2.75, 3.05) is 5.75 Å². The van der Waals surface area contributed by atoms with Crippen LogP contribution in [0.3, 0.4) is 0 Å². The zero-order valence-electron chi connectivity index (χ0n) is 7.26. The van der Waals surface area contributed by atoms with Gasteiger partial charge < -0.3 is 5.11 Å². The third-order valence-electron chi connectivity index (χ3n) is 1.04. The third kappa shape index (κ3) is 6.00. The second-order valence-corrected chi connectivity index (χ2v) is 4.23. The third-order valence-corrected chi connectivity index (χ3v) is 2.49. The van der Waals surface area contributed by atoms with Crippen LogP contribution in [-0.4, -0.2) is 27.5 Å². The Bertz CT molecular complexity index is 183. The van der Waals surface area contributed by atoms with Gasteiger partial charge in [0.15, 0.2) is 0 Å². The lowest BCUT2D eigenvalue weighted by Gasteiger charge is -2.15. The quantitative estimate of drug-likeness (QED) is 0.686. The van der Waals surface area contributed by atoms with E-state index in [-0.39, 0.29) is 11.7 Å². The van der Waals surface area contributed by atoms with Crippen LogP contribution in [0.5, 0.6) is 0 Å². The Labute approximate surface area is 76.9 Å². The van der Waals surface area contributed by atoms with Crippen LogP contribution in [0.4, 0.5) is 13.2 Å². The van der Waals surface area contributed by atoms with Crippen LogP contribution in [0.25, 0.3) is 0 Å². The molecule has 0 radical (unpaired) electrons. The van der Waals surface area contributed by atoms with Crippen molar-refractivity contribution in [2.24, 2.45) is 5.92 Å². The number of aliphatic hydroxyl groups excluding tert-OH is 1. The van der Waals surface area contributed by atoms with E-state index in [1.54, 1.807) is 18.6 Å². The minimum absolute atomic E-state index is 0.00812. The molecule has 7 heteroatoms. The summed E-state index contributed by atoms with van der Waals surface area (Å²) in [4.78, 5) is 0. The van der Waals surface area contributed by atoms with Crippen LogP contribution in [0, 0.1) is 5.92 Å². The van der Waals surface area contributed by atoms with Crippen LogP contribution < -0.4 is 4.72 Å². The highest BCUT2D eigenvalue weighted by Gasteiger charge is 2.39. The summed E-state index contributed by atoms with van der Waals surface area (Å²) in [6.07, 6.45) is -7.49. The van der Waals surface area contributed by atoms with Gasteiger partial charge in [0, 0.05) is 5.75 Å². The largest absolute Gasteiger partial charge is 0.428 e. The predicted molar refractivity (Wildman–Crippen MR) is 43.0 cm³/mol. The molecule has 0 rings (SSSR count). The standard InChI is InChI=1S/C6H12F3NO2S/c1-4(2)3-13(12)10-5(11)6(7,8)9/h4-5,10-11H,3H2,1-2H3/t5?,13-/m1/s1. The molecule has 0 bridgehead atoms. The second-order valence-electron chi connectivity index (χ2n) is 2.97. The molecule has 0 spiro atoms. The summed E-state index contributed by atoms with van der Waals surface area (Å²) < 4.78 is 47.5. The van der Waals surface area contributed by atoms with E-state index in [4.69, 9.17) is 5.11 Å². The number of alkyl halides is 3. The summed E-state index contributed by atoms with van der Waals surface area (Å²) in [5.74, 6) is 0.0846. The minimum Gasteiger partial charge on any atom is -0.369 e. The van der Waals surface area contributed by atoms with E-state index >= 15 is 0 Å². The number of aliphatic hydroxyl groups is 1. The monoisotopic (exact) mass is 219 g/mol. The Morgan fingerprint density at radius 1 is 1.46 bits per heavy atom. The van der Waals surface area contributed by atoms with Crippen molar-refractivity contribution in [2.45, 2.75) is 26.3 Å².